The van der Waals surface area contributed by atoms with Crippen molar-refractivity contribution in [1.82, 2.24) is 0 Å². The maximum absolute atomic E-state index is 12.1. The zero-order valence-corrected chi connectivity index (χ0v) is 10.5. The summed E-state index contributed by atoms with van der Waals surface area (Å²) in [6, 6.07) is 11.6. The van der Waals surface area contributed by atoms with Crippen molar-refractivity contribution >= 4 is 23.5 Å². The maximum atomic E-state index is 12.1. The largest absolute Gasteiger partial charge is 0.508 e. The van der Waals surface area contributed by atoms with E-state index in [-0.39, 0.29) is 17.3 Å². The number of rotatable bonds is 1. The molecular weight excluding hydrogens is 264 g/mol. The summed E-state index contributed by atoms with van der Waals surface area (Å²) in [6.45, 7) is 0. The van der Waals surface area contributed by atoms with Crippen molar-refractivity contribution in [3.05, 3.63) is 64.4 Å². The standard InChI is InChI=1S/C15H9ClO3/c16-12-3-1-2-11-14(18)13(19-15(11)12)8-9-4-6-10(17)7-5-9/h1-8,17H. The highest BCUT2D eigenvalue weighted by molar-refractivity contribution is 6.33. The Labute approximate surface area is 114 Å². The van der Waals surface area contributed by atoms with E-state index in [9.17, 15) is 9.90 Å². The number of fused-ring (bicyclic) bond motifs is 1. The first-order valence-corrected chi connectivity index (χ1v) is 6.05. The molecule has 2 aromatic carbocycles. The van der Waals surface area contributed by atoms with Gasteiger partial charge in [0.25, 0.3) is 0 Å². The molecule has 0 spiro atoms. The predicted molar refractivity (Wildman–Crippen MR) is 72.5 cm³/mol. The quantitative estimate of drug-likeness (QED) is 0.806. The third kappa shape index (κ3) is 2.09. The fourth-order valence-electron chi connectivity index (χ4n) is 1.90. The van der Waals surface area contributed by atoms with Gasteiger partial charge < -0.3 is 9.84 Å². The maximum Gasteiger partial charge on any atom is 0.232 e. The van der Waals surface area contributed by atoms with Crippen LogP contribution in [0.3, 0.4) is 0 Å². The minimum absolute atomic E-state index is 0.173. The molecule has 1 heterocycles. The predicted octanol–water partition coefficient (Wildman–Crippen LogP) is 3.66. The Bertz CT molecular complexity index is 687. The van der Waals surface area contributed by atoms with Crippen LogP contribution in [0.5, 0.6) is 11.5 Å². The average molecular weight is 273 g/mol. The number of halogens is 1. The molecule has 19 heavy (non-hydrogen) atoms. The second kappa shape index (κ2) is 4.44. The molecule has 3 rings (SSSR count). The van der Waals surface area contributed by atoms with Crippen LogP contribution in [0.4, 0.5) is 0 Å². The molecule has 4 heteroatoms. The van der Waals surface area contributed by atoms with Crippen LogP contribution in [-0.2, 0) is 0 Å². The number of carbonyl (C=O) groups is 1. The van der Waals surface area contributed by atoms with Crippen LogP contribution < -0.4 is 4.74 Å². The van der Waals surface area contributed by atoms with Crippen molar-refractivity contribution in [3.8, 4) is 11.5 Å². The first-order valence-electron chi connectivity index (χ1n) is 5.67. The smallest absolute Gasteiger partial charge is 0.232 e. The van der Waals surface area contributed by atoms with Gasteiger partial charge >= 0.3 is 0 Å². The lowest BCUT2D eigenvalue weighted by atomic mass is 10.1. The first kappa shape index (κ1) is 11.8. The minimum atomic E-state index is -0.189. The number of benzene rings is 2. The number of carbonyl (C=O) groups excluding carboxylic acids is 1. The summed E-state index contributed by atoms with van der Waals surface area (Å²) < 4.78 is 5.50. The van der Waals surface area contributed by atoms with Gasteiger partial charge in [0.15, 0.2) is 11.5 Å². The number of allylic oxidation sites excluding steroid dienone is 1. The highest BCUT2D eigenvalue weighted by Crippen LogP contribution is 2.37. The van der Waals surface area contributed by atoms with Gasteiger partial charge in [-0.15, -0.1) is 0 Å². The van der Waals surface area contributed by atoms with Crippen LogP contribution in [0.15, 0.2) is 48.2 Å². The summed E-state index contributed by atoms with van der Waals surface area (Å²) in [7, 11) is 0. The molecule has 0 radical (unpaired) electrons. The van der Waals surface area contributed by atoms with Crippen LogP contribution in [0.1, 0.15) is 15.9 Å². The molecule has 0 atom stereocenters. The minimum Gasteiger partial charge on any atom is -0.508 e. The molecule has 0 bridgehead atoms. The van der Waals surface area contributed by atoms with E-state index in [0.717, 1.165) is 5.56 Å². The van der Waals surface area contributed by atoms with E-state index in [0.29, 0.717) is 16.3 Å². The van der Waals surface area contributed by atoms with Crippen molar-refractivity contribution in [3.63, 3.8) is 0 Å². The van der Waals surface area contributed by atoms with Crippen LogP contribution in [0.25, 0.3) is 6.08 Å². The summed E-state index contributed by atoms with van der Waals surface area (Å²) in [4.78, 5) is 12.1. The molecule has 0 amide bonds. The molecule has 0 saturated carbocycles. The third-order valence-corrected chi connectivity index (χ3v) is 3.14. The van der Waals surface area contributed by atoms with Gasteiger partial charge in [-0.1, -0.05) is 29.8 Å². The van der Waals surface area contributed by atoms with Gasteiger partial charge in [0.1, 0.15) is 5.75 Å². The number of phenols is 1. The van der Waals surface area contributed by atoms with E-state index in [2.05, 4.69) is 0 Å². The van der Waals surface area contributed by atoms with E-state index in [1.165, 1.54) is 0 Å². The zero-order valence-electron chi connectivity index (χ0n) is 9.76. The average Bonchev–Trinajstić information content (AvgIpc) is 2.72. The summed E-state index contributed by atoms with van der Waals surface area (Å²) in [5.41, 5.74) is 1.24. The second-order valence-electron chi connectivity index (χ2n) is 4.15. The summed E-state index contributed by atoms with van der Waals surface area (Å²) >= 11 is 5.99. The topological polar surface area (TPSA) is 46.5 Å². The SMILES string of the molecule is O=C1C(=Cc2ccc(O)cc2)Oc2c(Cl)cccc21. The molecule has 0 aliphatic carbocycles. The monoisotopic (exact) mass is 272 g/mol. The van der Waals surface area contributed by atoms with Gasteiger partial charge in [-0.25, -0.2) is 0 Å². The van der Waals surface area contributed by atoms with E-state index in [1.54, 1.807) is 48.5 Å². The molecule has 1 aliphatic heterocycles. The third-order valence-electron chi connectivity index (χ3n) is 2.84. The van der Waals surface area contributed by atoms with Crippen molar-refractivity contribution in [2.75, 3.05) is 0 Å². The van der Waals surface area contributed by atoms with Crippen molar-refractivity contribution in [2.24, 2.45) is 0 Å². The molecule has 0 saturated heterocycles. The molecule has 0 fully saturated rings. The van der Waals surface area contributed by atoms with Crippen LogP contribution in [0.2, 0.25) is 5.02 Å². The van der Waals surface area contributed by atoms with Gasteiger partial charge in [-0.05, 0) is 35.9 Å². The van der Waals surface area contributed by atoms with Gasteiger partial charge in [0.05, 0.1) is 10.6 Å². The molecule has 1 aliphatic rings. The van der Waals surface area contributed by atoms with Crippen LogP contribution >= 0.6 is 11.6 Å². The van der Waals surface area contributed by atoms with Gasteiger partial charge in [0, 0.05) is 0 Å². The Morgan fingerprint density at radius 3 is 2.53 bits per heavy atom. The van der Waals surface area contributed by atoms with Crippen LogP contribution in [0, 0.1) is 0 Å². The number of ketones is 1. The number of Topliss-reactive ketones (excluding diaryl/α,β-unsaturated/α-hetero) is 1. The number of phenolic OH excluding ortho intramolecular Hbond substituents is 1. The van der Waals surface area contributed by atoms with Crippen molar-refractivity contribution in [1.29, 1.82) is 0 Å². The van der Waals surface area contributed by atoms with E-state index >= 15 is 0 Å². The van der Waals surface area contributed by atoms with E-state index < -0.39 is 0 Å². The fourth-order valence-corrected chi connectivity index (χ4v) is 2.11. The zero-order chi connectivity index (χ0) is 13.4. The molecule has 1 N–H and O–H groups in total. The Hall–Kier alpha value is -2.26. The highest BCUT2D eigenvalue weighted by Gasteiger charge is 2.28. The van der Waals surface area contributed by atoms with Crippen LogP contribution in [-0.4, -0.2) is 10.9 Å². The highest BCUT2D eigenvalue weighted by atomic mass is 35.5. The van der Waals surface area contributed by atoms with Gasteiger partial charge in [-0.2, -0.15) is 0 Å². The van der Waals surface area contributed by atoms with Crippen molar-refractivity contribution < 1.29 is 14.6 Å². The summed E-state index contributed by atoms with van der Waals surface area (Å²) in [6.07, 6.45) is 1.62. The molecule has 0 unspecified atom stereocenters. The number of aromatic hydroxyl groups is 1. The molecule has 3 nitrogen and oxygen atoms in total. The lowest BCUT2D eigenvalue weighted by Gasteiger charge is -2.00. The lowest BCUT2D eigenvalue weighted by Crippen LogP contribution is -1.97. The molecular formula is C15H9ClO3. The Morgan fingerprint density at radius 2 is 1.84 bits per heavy atom. The fraction of sp³-hybridized carbons (Fsp3) is 0. The normalized spacial score (nSPS) is 15.4. The van der Waals surface area contributed by atoms with Gasteiger partial charge in [0.2, 0.25) is 5.78 Å². The lowest BCUT2D eigenvalue weighted by molar-refractivity contribution is 0.101. The van der Waals surface area contributed by atoms with E-state index in [1.807, 2.05) is 0 Å². The van der Waals surface area contributed by atoms with Gasteiger partial charge in [-0.3, -0.25) is 4.79 Å². The first-order chi connectivity index (χ1) is 9.15. The van der Waals surface area contributed by atoms with E-state index in [4.69, 9.17) is 16.3 Å². The molecule has 2 aromatic rings. The van der Waals surface area contributed by atoms with Crippen molar-refractivity contribution in [2.45, 2.75) is 0 Å². The summed E-state index contributed by atoms with van der Waals surface area (Å²) in [5.74, 6) is 0.616. The number of ether oxygens (including phenoxy) is 1. The summed E-state index contributed by atoms with van der Waals surface area (Å²) in [5, 5.41) is 9.63. The Balaban J connectivity index is 2.00. The molecule has 0 aromatic heterocycles. The molecule has 94 valence electrons. The Morgan fingerprint density at radius 1 is 1.11 bits per heavy atom. The number of para-hydroxylation sites is 1. The number of hydrogen-bond donors (Lipinski definition) is 1. The Kier molecular flexibility index (Phi) is 2.76. The number of hydrogen-bond acceptors (Lipinski definition) is 3. The second-order valence-corrected chi connectivity index (χ2v) is 4.56.